The van der Waals surface area contributed by atoms with Gasteiger partial charge >= 0.3 is 0 Å². The molecular formula is C20H19N3O4. The Morgan fingerprint density at radius 3 is 2.93 bits per heavy atom. The Balaban J connectivity index is 1.41. The van der Waals surface area contributed by atoms with Crippen LogP contribution in [-0.2, 0) is 11.3 Å². The molecule has 1 aliphatic rings. The van der Waals surface area contributed by atoms with Gasteiger partial charge in [0.2, 0.25) is 18.1 Å². The van der Waals surface area contributed by atoms with Gasteiger partial charge in [0.25, 0.3) is 0 Å². The number of carbonyl (C=O) groups is 1. The maximum Gasteiger partial charge on any atom is 0.231 e. The fourth-order valence-corrected chi connectivity index (χ4v) is 3.13. The highest BCUT2D eigenvalue weighted by Crippen LogP contribution is 2.34. The molecule has 2 aromatic carbocycles. The molecule has 0 spiro atoms. The minimum absolute atomic E-state index is 0.0928. The number of carbonyl (C=O) groups excluding carboxylic acids is 1. The van der Waals surface area contributed by atoms with Crippen molar-refractivity contribution in [2.24, 2.45) is 0 Å². The highest BCUT2D eigenvalue weighted by atomic mass is 16.7. The average Bonchev–Trinajstić information content (AvgIpc) is 3.15. The molecule has 0 saturated carbocycles. The molecule has 2 heterocycles. The van der Waals surface area contributed by atoms with Crippen LogP contribution in [0.4, 0.5) is 0 Å². The number of aryl methyl sites for hydroxylation is 1. The third-order valence-corrected chi connectivity index (χ3v) is 4.59. The molecule has 7 nitrogen and oxygen atoms in total. The van der Waals surface area contributed by atoms with Crippen LogP contribution >= 0.6 is 0 Å². The van der Waals surface area contributed by atoms with Crippen LogP contribution in [0, 0.1) is 0 Å². The Bertz CT molecular complexity index is 1060. The second-order valence-electron chi connectivity index (χ2n) is 6.40. The van der Waals surface area contributed by atoms with Gasteiger partial charge in [-0.1, -0.05) is 18.2 Å². The van der Waals surface area contributed by atoms with Gasteiger partial charge in [-0.2, -0.15) is 5.10 Å². The maximum absolute atomic E-state index is 12.4. The molecule has 0 saturated heterocycles. The third kappa shape index (κ3) is 3.48. The number of amides is 1. The zero-order chi connectivity index (χ0) is 18.8. The van der Waals surface area contributed by atoms with Gasteiger partial charge in [0.1, 0.15) is 0 Å². The molecule has 4 rings (SSSR count). The Morgan fingerprint density at radius 2 is 2.04 bits per heavy atom. The lowest BCUT2D eigenvalue weighted by Crippen LogP contribution is -2.28. The van der Waals surface area contributed by atoms with Crippen molar-refractivity contribution in [3.8, 4) is 11.5 Å². The van der Waals surface area contributed by atoms with E-state index in [1.54, 1.807) is 10.7 Å². The quantitative estimate of drug-likeness (QED) is 0.751. The molecule has 7 heteroatoms. The first-order valence-corrected chi connectivity index (χ1v) is 8.75. The van der Waals surface area contributed by atoms with Crippen LogP contribution in [-0.4, -0.2) is 22.5 Å². The Hall–Kier alpha value is -3.35. The van der Waals surface area contributed by atoms with Gasteiger partial charge in [-0.3, -0.25) is 14.3 Å². The molecule has 3 aromatic rings. The molecule has 0 fully saturated rings. The van der Waals surface area contributed by atoms with Gasteiger partial charge < -0.3 is 14.8 Å². The van der Waals surface area contributed by atoms with Crippen LogP contribution in [0.5, 0.6) is 11.5 Å². The molecule has 138 valence electrons. The SMILES string of the molecule is CC(NC(=O)CCn1ncc(=O)c2ccccc21)c1ccc2c(c1)OCO2. The van der Waals surface area contributed by atoms with E-state index in [0.29, 0.717) is 23.4 Å². The monoisotopic (exact) mass is 365 g/mol. The first kappa shape index (κ1) is 17.1. The van der Waals surface area contributed by atoms with E-state index in [9.17, 15) is 9.59 Å². The highest BCUT2D eigenvalue weighted by Gasteiger charge is 2.17. The smallest absolute Gasteiger partial charge is 0.231 e. The number of fused-ring (bicyclic) bond motifs is 2. The highest BCUT2D eigenvalue weighted by molar-refractivity contribution is 5.79. The number of para-hydroxylation sites is 1. The molecular weight excluding hydrogens is 346 g/mol. The zero-order valence-corrected chi connectivity index (χ0v) is 14.8. The van der Waals surface area contributed by atoms with E-state index in [4.69, 9.17) is 9.47 Å². The van der Waals surface area contributed by atoms with E-state index in [2.05, 4.69) is 10.4 Å². The zero-order valence-electron chi connectivity index (χ0n) is 14.8. The number of nitrogens with zero attached hydrogens (tertiary/aromatic N) is 2. The van der Waals surface area contributed by atoms with E-state index in [-0.39, 0.29) is 30.6 Å². The van der Waals surface area contributed by atoms with E-state index < -0.39 is 0 Å². The van der Waals surface area contributed by atoms with Gasteiger partial charge in [-0.05, 0) is 36.8 Å². The molecule has 1 N–H and O–H groups in total. The lowest BCUT2D eigenvalue weighted by molar-refractivity contribution is -0.122. The van der Waals surface area contributed by atoms with Crippen molar-refractivity contribution in [1.82, 2.24) is 15.1 Å². The van der Waals surface area contributed by atoms with Crippen LogP contribution in [0.15, 0.2) is 53.5 Å². The van der Waals surface area contributed by atoms with Crippen LogP contribution in [0.25, 0.3) is 10.9 Å². The molecule has 1 unspecified atom stereocenters. The second kappa shape index (κ2) is 7.11. The molecule has 1 amide bonds. The van der Waals surface area contributed by atoms with Gasteiger partial charge in [0, 0.05) is 11.8 Å². The molecule has 0 aliphatic carbocycles. The molecule has 1 aliphatic heterocycles. The van der Waals surface area contributed by atoms with E-state index >= 15 is 0 Å². The average molecular weight is 365 g/mol. The maximum atomic E-state index is 12.4. The summed E-state index contributed by atoms with van der Waals surface area (Å²) >= 11 is 0. The molecule has 1 atom stereocenters. The summed E-state index contributed by atoms with van der Waals surface area (Å²) in [5.74, 6) is 1.32. The van der Waals surface area contributed by atoms with E-state index in [0.717, 1.165) is 11.1 Å². The molecule has 0 bridgehead atoms. The van der Waals surface area contributed by atoms with Crippen molar-refractivity contribution < 1.29 is 14.3 Å². The first-order chi connectivity index (χ1) is 13.1. The Kier molecular flexibility index (Phi) is 4.50. The number of benzene rings is 2. The first-order valence-electron chi connectivity index (χ1n) is 8.75. The van der Waals surface area contributed by atoms with Crippen LogP contribution < -0.4 is 20.2 Å². The van der Waals surface area contributed by atoms with Crippen molar-refractivity contribution in [2.45, 2.75) is 25.9 Å². The number of hydrogen-bond donors (Lipinski definition) is 1. The van der Waals surface area contributed by atoms with Crippen molar-refractivity contribution >= 4 is 16.8 Å². The summed E-state index contributed by atoms with van der Waals surface area (Å²) in [7, 11) is 0. The fourth-order valence-electron chi connectivity index (χ4n) is 3.13. The predicted octanol–water partition coefficient (Wildman–Crippen LogP) is 2.39. The summed E-state index contributed by atoms with van der Waals surface area (Å²) in [6.07, 6.45) is 1.55. The summed E-state index contributed by atoms with van der Waals surface area (Å²) in [4.78, 5) is 24.2. The van der Waals surface area contributed by atoms with Crippen molar-refractivity contribution in [1.29, 1.82) is 0 Å². The predicted molar refractivity (Wildman–Crippen MR) is 99.7 cm³/mol. The summed E-state index contributed by atoms with van der Waals surface area (Å²) < 4.78 is 12.4. The van der Waals surface area contributed by atoms with Gasteiger partial charge in [0.15, 0.2) is 11.5 Å². The minimum Gasteiger partial charge on any atom is -0.454 e. The standard InChI is InChI=1S/C20H19N3O4/c1-13(14-6-7-18-19(10-14)27-12-26-18)22-20(25)8-9-23-16-5-3-2-4-15(16)17(24)11-21-23/h2-7,10-11,13H,8-9,12H2,1H3,(H,22,25). The van der Waals surface area contributed by atoms with Crippen molar-refractivity contribution in [3.05, 3.63) is 64.4 Å². The van der Waals surface area contributed by atoms with Gasteiger partial charge in [0.05, 0.1) is 24.3 Å². The summed E-state index contributed by atoms with van der Waals surface area (Å²) in [5.41, 5.74) is 1.55. The summed E-state index contributed by atoms with van der Waals surface area (Å²) in [6, 6.07) is 12.7. The van der Waals surface area contributed by atoms with Crippen molar-refractivity contribution in [3.63, 3.8) is 0 Å². The number of rotatable bonds is 5. The Morgan fingerprint density at radius 1 is 1.22 bits per heavy atom. The number of nitrogens with one attached hydrogen (secondary N) is 1. The van der Waals surface area contributed by atoms with Crippen LogP contribution in [0.1, 0.15) is 24.9 Å². The van der Waals surface area contributed by atoms with E-state index in [1.165, 1.54) is 6.20 Å². The molecule has 0 radical (unpaired) electrons. The normalized spacial score (nSPS) is 13.5. The topological polar surface area (TPSA) is 82.5 Å². The lowest BCUT2D eigenvalue weighted by atomic mass is 10.1. The second-order valence-corrected chi connectivity index (χ2v) is 6.40. The minimum atomic E-state index is -0.161. The van der Waals surface area contributed by atoms with Crippen LogP contribution in [0.3, 0.4) is 0 Å². The van der Waals surface area contributed by atoms with Gasteiger partial charge in [-0.15, -0.1) is 0 Å². The van der Waals surface area contributed by atoms with Crippen LogP contribution in [0.2, 0.25) is 0 Å². The lowest BCUT2D eigenvalue weighted by Gasteiger charge is -2.15. The summed E-state index contributed by atoms with van der Waals surface area (Å²) in [6.45, 7) is 2.53. The largest absolute Gasteiger partial charge is 0.454 e. The Labute approximate surface area is 155 Å². The number of ether oxygens (including phenoxy) is 2. The van der Waals surface area contributed by atoms with Crippen molar-refractivity contribution in [2.75, 3.05) is 6.79 Å². The molecule has 1 aromatic heterocycles. The van der Waals surface area contributed by atoms with E-state index in [1.807, 2.05) is 43.3 Å². The summed E-state index contributed by atoms with van der Waals surface area (Å²) in [5, 5.41) is 7.73. The molecule has 27 heavy (non-hydrogen) atoms. The number of hydrogen-bond acceptors (Lipinski definition) is 5. The fraction of sp³-hybridized carbons (Fsp3) is 0.250. The number of aromatic nitrogens is 2. The van der Waals surface area contributed by atoms with Gasteiger partial charge in [-0.25, -0.2) is 0 Å². The third-order valence-electron chi connectivity index (χ3n) is 4.59.